The van der Waals surface area contributed by atoms with E-state index in [0.29, 0.717) is 5.69 Å². The van der Waals surface area contributed by atoms with E-state index in [9.17, 15) is 4.79 Å². The Bertz CT molecular complexity index is 333. The van der Waals surface area contributed by atoms with E-state index in [0.717, 1.165) is 0 Å². The van der Waals surface area contributed by atoms with Gasteiger partial charge < -0.3 is 10.2 Å². The molecule has 0 spiro atoms. The minimum Gasteiger partial charge on any atom is -0.477 e. The van der Waals surface area contributed by atoms with Crippen LogP contribution in [0.3, 0.4) is 0 Å². The Morgan fingerprint density at radius 3 is 2.92 bits per heavy atom. The first-order valence-corrected chi connectivity index (χ1v) is 3.72. The third kappa shape index (κ3) is 2.68. The van der Waals surface area contributed by atoms with Crippen LogP contribution in [0.25, 0.3) is 6.08 Å². The zero-order chi connectivity index (χ0) is 9.68. The fourth-order valence-electron chi connectivity index (χ4n) is 0.837. The number of aliphatic hydroxyl groups excluding tert-OH is 1. The van der Waals surface area contributed by atoms with Crippen LogP contribution < -0.4 is 0 Å². The average molecular weight is 179 g/mol. The topological polar surface area (TPSA) is 70.4 Å². The number of aromatic carboxylic acids is 1. The van der Waals surface area contributed by atoms with Crippen LogP contribution in [0, 0.1) is 0 Å². The van der Waals surface area contributed by atoms with Crippen molar-refractivity contribution in [2.45, 2.75) is 0 Å². The van der Waals surface area contributed by atoms with Crippen molar-refractivity contribution in [1.29, 1.82) is 0 Å². The van der Waals surface area contributed by atoms with Crippen LogP contribution in [0.1, 0.15) is 16.2 Å². The molecule has 68 valence electrons. The highest BCUT2D eigenvalue weighted by Gasteiger charge is 2.02. The van der Waals surface area contributed by atoms with E-state index in [1.165, 1.54) is 12.1 Å². The van der Waals surface area contributed by atoms with Crippen molar-refractivity contribution in [1.82, 2.24) is 4.98 Å². The summed E-state index contributed by atoms with van der Waals surface area (Å²) in [5, 5.41) is 17.1. The van der Waals surface area contributed by atoms with Crippen LogP contribution in [-0.2, 0) is 0 Å². The van der Waals surface area contributed by atoms with Gasteiger partial charge in [0.15, 0.2) is 0 Å². The maximum atomic E-state index is 10.5. The maximum Gasteiger partial charge on any atom is 0.354 e. The Morgan fingerprint density at radius 1 is 1.54 bits per heavy atom. The Balaban J connectivity index is 2.92. The van der Waals surface area contributed by atoms with Gasteiger partial charge in [-0.05, 0) is 18.2 Å². The minimum atomic E-state index is -1.06. The molecule has 1 rings (SSSR count). The van der Waals surface area contributed by atoms with Gasteiger partial charge in [-0.3, -0.25) is 0 Å². The van der Waals surface area contributed by atoms with E-state index in [1.807, 2.05) is 0 Å². The molecule has 13 heavy (non-hydrogen) atoms. The van der Waals surface area contributed by atoms with Crippen LogP contribution in [-0.4, -0.2) is 27.8 Å². The minimum absolute atomic E-state index is 0.0000831. The van der Waals surface area contributed by atoms with E-state index in [2.05, 4.69) is 4.98 Å². The summed E-state index contributed by atoms with van der Waals surface area (Å²) >= 11 is 0. The molecule has 1 aromatic heterocycles. The molecule has 0 fully saturated rings. The van der Waals surface area contributed by atoms with Gasteiger partial charge in [-0.15, -0.1) is 0 Å². The van der Waals surface area contributed by atoms with Crippen molar-refractivity contribution in [3.8, 4) is 0 Å². The van der Waals surface area contributed by atoms with Crippen molar-refractivity contribution in [3.05, 3.63) is 35.7 Å². The maximum absolute atomic E-state index is 10.5. The number of carboxylic acid groups (broad SMARTS) is 1. The third-order valence-electron chi connectivity index (χ3n) is 1.38. The molecule has 4 heteroatoms. The molecule has 0 bridgehead atoms. The van der Waals surface area contributed by atoms with E-state index < -0.39 is 5.97 Å². The van der Waals surface area contributed by atoms with Crippen molar-refractivity contribution in [2.75, 3.05) is 6.61 Å². The quantitative estimate of drug-likeness (QED) is 0.719. The van der Waals surface area contributed by atoms with Crippen molar-refractivity contribution < 1.29 is 15.0 Å². The molecule has 0 aliphatic carbocycles. The lowest BCUT2D eigenvalue weighted by Gasteiger charge is -1.94. The number of pyridine rings is 1. The van der Waals surface area contributed by atoms with Gasteiger partial charge >= 0.3 is 5.97 Å². The Labute approximate surface area is 75.2 Å². The summed E-state index contributed by atoms with van der Waals surface area (Å²) in [4.78, 5) is 14.3. The molecule has 0 amide bonds. The normalized spacial score (nSPS) is 10.5. The highest BCUT2D eigenvalue weighted by Crippen LogP contribution is 2.01. The van der Waals surface area contributed by atoms with E-state index in [4.69, 9.17) is 10.2 Å². The molecule has 0 unspecified atom stereocenters. The van der Waals surface area contributed by atoms with Crippen LogP contribution in [0.4, 0.5) is 0 Å². The molecule has 0 saturated heterocycles. The first kappa shape index (κ1) is 9.41. The number of carboxylic acids is 1. The summed E-state index contributed by atoms with van der Waals surface area (Å²) in [5.41, 5.74) is 0.522. The number of hydrogen-bond acceptors (Lipinski definition) is 3. The second kappa shape index (κ2) is 4.37. The molecular weight excluding hydrogens is 170 g/mol. The lowest BCUT2D eigenvalue weighted by Crippen LogP contribution is -2.00. The highest BCUT2D eigenvalue weighted by atomic mass is 16.4. The second-order valence-corrected chi connectivity index (χ2v) is 2.34. The third-order valence-corrected chi connectivity index (χ3v) is 1.38. The molecule has 0 atom stereocenters. The lowest BCUT2D eigenvalue weighted by molar-refractivity contribution is 0.0690. The molecule has 1 aromatic rings. The second-order valence-electron chi connectivity index (χ2n) is 2.34. The van der Waals surface area contributed by atoms with Crippen molar-refractivity contribution in [2.24, 2.45) is 0 Å². The Kier molecular flexibility index (Phi) is 3.16. The summed E-state index contributed by atoms with van der Waals surface area (Å²) in [5.74, 6) is -1.06. The molecule has 0 aromatic carbocycles. The van der Waals surface area contributed by atoms with Gasteiger partial charge in [0.25, 0.3) is 0 Å². The lowest BCUT2D eigenvalue weighted by atomic mass is 10.3. The summed E-state index contributed by atoms with van der Waals surface area (Å²) in [6.45, 7) is -0.0843. The predicted molar refractivity (Wildman–Crippen MR) is 47.3 cm³/mol. The Morgan fingerprint density at radius 2 is 2.31 bits per heavy atom. The summed E-state index contributed by atoms with van der Waals surface area (Å²) in [7, 11) is 0. The van der Waals surface area contributed by atoms with Gasteiger partial charge in [0, 0.05) is 0 Å². The van der Waals surface area contributed by atoms with E-state index in [-0.39, 0.29) is 12.3 Å². The van der Waals surface area contributed by atoms with Crippen LogP contribution in [0.15, 0.2) is 24.3 Å². The molecule has 1 heterocycles. The SMILES string of the molecule is O=C(O)c1cccc(C=CCO)n1. The van der Waals surface area contributed by atoms with Crippen molar-refractivity contribution in [3.63, 3.8) is 0 Å². The van der Waals surface area contributed by atoms with E-state index in [1.54, 1.807) is 18.2 Å². The molecule has 0 saturated carbocycles. The number of aliphatic hydroxyl groups is 1. The fourth-order valence-corrected chi connectivity index (χ4v) is 0.837. The van der Waals surface area contributed by atoms with Crippen LogP contribution >= 0.6 is 0 Å². The average Bonchev–Trinajstić information content (AvgIpc) is 2.15. The highest BCUT2D eigenvalue weighted by molar-refractivity contribution is 5.85. The zero-order valence-electron chi connectivity index (χ0n) is 6.84. The number of rotatable bonds is 3. The zero-order valence-corrected chi connectivity index (χ0v) is 6.84. The Hall–Kier alpha value is -1.68. The van der Waals surface area contributed by atoms with Gasteiger partial charge in [0.1, 0.15) is 5.69 Å². The molecule has 0 radical (unpaired) electrons. The summed E-state index contributed by atoms with van der Waals surface area (Å²) in [6.07, 6.45) is 3.06. The molecule has 0 aliphatic rings. The smallest absolute Gasteiger partial charge is 0.354 e. The number of nitrogens with zero attached hydrogens (tertiary/aromatic N) is 1. The number of hydrogen-bond donors (Lipinski definition) is 2. The molecule has 0 aliphatic heterocycles. The summed E-state index contributed by atoms with van der Waals surface area (Å²) in [6, 6.07) is 4.69. The first-order chi connectivity index (χ1) is 6.24. The van der Waals surface area contributed by atoms with E-state index >= 15 is 0 Å². The van der Waals surface area contributed by atoms with Gasteiger partial charge in [-0.1, -0.05) is 12.1 Å². The molecular formula is C9H9NO3. The van der Waals surface area contributed by atoms with Gasteiger partial charge in [0.05, 0.1) is 12.3 Å². The predicted octanol–water partition coefficient (Wildman–Crippen LogP) is 0.785. The largest absolute Gasteiger partial charge is 0.477 e. The monoisotopic (exact) mass is 179 g/mol. The molecule has 2 N–H and O–H groups in total. The first-order valence-electron chi connectivity index (χ1n) is 3.72. The van der Waals surface area contributed by atoms with Crippen molar-refractivity contribution >= 4 is 12.0 Å². The van der Waals surface area contributed by atoms with Crippen LogP contribution in [0.5, 0.6) is 0 Å². The number of aromatic nitrogens is 1. The van der Waals surface area contributed by atoms with Crippen LogP contribution in [0.2, 0.25) is 0 Å². The van der Waals surface area contributed by atoms with Gasteiger partial charge in [-0.2, -0.15) is 0 Å². The molecule has 4 nitrogen and oxygen atoms in total. The standard InChI is InChI=1S/C9H9NO3/c11-6-2-4-7-3-1-5-8(10-7)9(12)13/h1-5,11H,6H2,(H,12,13). The van der Waals surface area contributed by atoms with Gasteiger partial charge in [0.2, 0.25) is 0 Å². The van der Waals surface area contributed by atoms with Gasteiger partial charge in [-0.25, -0.2) is 9.78 Å². The fraction of sp³-hybridized carbons (Fsp3) is 0.111. The number of carbonyl (C=O) groups is 1. The summed E-state index contributed by atoms with van der Waals surface area (Å²) < 4.78 is 0.